The van der Waals surface area contributed by atoms with Crippen molar-refractivity contribution < 1.29 is 4.52 Å². The molecule has 98 valence electrons. The average molecular weight is 276 g/mol. The van der Waals surface area contributed by atoms with Gasteiger partial charge in [-0.25, -0.2) is 4.98 Å². The Morgan fingerprint density at radius 1 is 1.37 bits per heavy atom. The number of anilines is 2. The Kier molecular flexibility index (Phi) is 3.23. The van der Waals surface area contributed by atoms with Crippen LogP contribution < -0.4 is 10.6 Å². The second kappa shape index (κ2) is 5.19. The van der Waals surface area contributed by atoms with E-state index in [-0.39, 0.29) is 0 Å². The van der Waals surface area contributed by atoms with Gasteiger partial charge in [-0.05, 0) is 11.4 Å². The van der Waals surface area contributed by atoms with Crippen LogP contribution in [-0.4, -0.2) is 33.7 Å². The van der Waals surface area contributed by atoms with Crippen LogP contribution in [0.5, 0.6) is 0 Å². The minimum Gasteiger partial charge on any atom is -0.369 e. The molecule has 8 heteroatoms. The van der Waals surface area contributed by atoms with Crippen molar-refractivity contribution in [1.29, 1.82) is 0 Å². The second-order valence-corrected chi connectivity index (χ2v) is 4.69. The highest BCUT2D eigenvalue weighted by Crippen LogP contribution is 2.26. The molecule has 0 spiro atoms. The lowest BCUT2D eigenvalue weighted by molar-refractivity contribution is 0.380. The highest BCUT2D eigenvalue weighted by molar-refractivity contribution is 7.16. The molecule has 7 nitrogen and oxygen atoms in total. The first-order valence-electron chi connectivity index (χ1n) is 5.79. The predicted molar refractivity (Wildman–Crippen MR) is 73.5 cm³/mol. The quantitative estimate of drug-likeness (QED) is 0.734. The van der Waals surface area contributed by atoms with Crippen LogP contribution in [0.4, 0.5) is 11.8 Å². The summed E-state index contributed by atoms with van der Waals surface area (Å²) < 4.78 is 4.94. The SMILES string of the molecule is CNc1nc(NCCc2ncno2)c2ccsc2n1. The lowest BCUT2D eigenvalue weighted by Gasteiger charge is -2.07. The summed E-state index contributed by atoms with van der Waals surface area (Å²) in [6.45, 7) is 0.674. The molecule has 0 atom stereocenters. The van der Waals surface area contributed by atoms with E-state index in [2.05, 4.69) is 30.7 Å². The molecule has 0 aliphatic heterocycles. The van der Waals surface area contributed by atoms with Gasteiger partial charge in [-0.1, -0.05) is 5.16 Å². The van der Waals surface area contributed by atoms with Crippen LogP contribution in [0, 0.1) is 0 Å². The van der Waals surface area contributed by atoms with E-state index in [1.54, 1.807) is 18.4 Å². The highest BCUT2D eigenvalue weighted by Gasteiger charge is 2.08. The third-order valence-electron chi connectivity index (χ3n) is 2.59. The molecule has 0 aliphatic rings. The molecule has 3 aromatic heterocycles. The predicted octanol–water partition coefficient (Wildman–Crippen LogP) is 1.77. The zero-order valence-electron chi connectivity index (χ0n) is 10.3. The number of nitrogens with one attached hydrogen (secondary N) is 2. The molecule has 0 bridgehead atoms. The van der Waals surface area contributed by atoms with Gasteiger partial charge in [-0.3, -0.25) is 0 Å². The van der Waals surface area contributed by atoms with Crippen LogP contribution >= 0.6 is 11.3 Å². The molecule has 0 saturated carbocycles. The van der Waals surface area contributed by atoms with Gasteiger partial charge in [0.1, 0.15) is 10.6 Å². The van der Waals surface area contributed by atoms with Crippen LogP contribution in [0.15, 0.2) is 22.3 Å². The van der Waals surface area contributed by atoms with Crippen LogP contribution in [0.25, 0.3) is 10.2 Å². The average Bonchev–Trinajstić information content (AvgIpc) is 3.08. The van der Waals surface area contributed by atoms with Crippen molar-refractivity contribution in [2.75, 3.05) is 24.2 Å². The fourth-order valence-corrected chi connectivity index (χ4v) is 2.46. The monoisotopic (exact) mass is 276 g/mol. The molecule has 0 radical (unpaired) electrons. The molecule has 19 heavy (non-hydrogen) atoms. The number of fused-ring (bicyclic) bond motifs is 1. The fourth-order valence-electron chi connectivity index (χ4n) is 1.70. The number of nitrogens with zero attached hydrogens (tertiary/aromatic N) is 4. The van der Waals surface area contributed by atoms with Gasteiger partial charge in [0.05, 0.1) is 5.39 Å². The van der Waals surface area contributed by atoms with E-state index in [9.17, 15) is 0 Å². The molecule has 3 aromatic rings. The third-order valence-corrected chi connectivity index (χ3v) is 3.39. The van der Waals surface area contributed by atoms with Crippen molar-refractivity contribution >= 4 is 33.3 Å². The van der Waals surface area contributed by atoms with Crippen molar-refractivity contribution in [2.45, 2.75) is 6.42 Å². The maximum atomic E-state index is 4.94. The summed E-state index contributed by atoms with van der Waals surface area (Å²) in [5, 5.41) is 12.8. The summed E-state index contributed by atoms with van der Waals surface area (Å²) in [5.74, 6) is 2.03. The molecular weight excluding hydrogens is 264 g/mol. The Bertz CT molecular complexity index is 665. The maximum absolute atomic E-state index is 4.94. The van der Waals surface area contributed by atoms with Gasteiger partial charge >= 0.3 is 0 Å². The highest BCUT2D eigenvalue weighted by atomic mass is 32.1. The number of aromatic nitrogens is 4. The smallest absolute Gasteiger partial charge is 0.228 e. The van der Waals surface area contributed by atoms with E-state index in [4.69, 9.17) is 4.52 Å². The Balaban J connectivity index is 1.77. The van der Waals surface area contributed by atoms with Crippen LogP contribution in [0.3, 0.4) is 0 Å². The summed E-state index contributed by atoms with van der Waals surface area (Å²) in [6.07, 6.45) is 2.06. The molecule has 0 unspecified atom stereocenters. The Labute approximate surface area is 113 Å². The van der Waals surface area contributed by atoms with E-state index in [1.165, 1.54) is 6.33 Å². The molecule has 2 N–H and O–H groups in total. The molecule has 3 heterocycles. The number of hydrogen-bond acceptors (Lipinski definition) is 8. The van der Waals surface area contributed by atoms with Gasteiger partial charge in [-0.15, -0.1) is 11.3 Å². The fraction of sp³-hybridized carbons (Fsp3) is 0.273. The minimum absolute atomic E-state index is 0.607. The van der Waals surface area contributed by atoms with Gasteiger partial charge in [0.15, 0.2) is 6.33 Å². The van der Waals surface area contributed by atoms with Gasteiger partial charge in [0.25, 0.3) is 0 Å². The number of thiophene rings is 1. The van der Waals surface area contributed by atoms with Gasteiger partial charge < -0.3 is 15.2 Å². The van der Waals surface area contributed by atoms with Gasteiger partial charge in [-0.2, -0.15) is 9.97 Å². The Hall–Kier alpha value is -2.22. The Morgan fingerprint density at radius 3 is 3.11 bits per heavy atom. The lowest BCUT2D eigenvalue weighted by Crippen LogP contribution is -2.08. The molecule has 0 amide bonds. The zero-order chi connectivity index (χ0) is 13.1. The first-order chi connectivity index (χ1) is 9.36. The third kappa shape index (κ3) is 2.48. The van der Waals surface area contributed by atoms with Crippen molar-refractivity contribution in [3.8, 4) is 0 Å². The van der Waals surface area contributed by atoms with Crippen LogP contribution in [0.2, 0.25) is 0 Å². The first-order valence-corrected chi connectivity index (χ1v) is 6.67. The second-order valence-electron chi connectivity index (χ2n) is 3.80. The molecule has 0 aromatic carbocycles. The van der Waals surface area contributed by atoms with Crippen molar-refractivity contribution in [3.05, 3.63) is 23.7 Å². The topological polar surface area (TPSA) is 88.8 Å². The van der Waals surface area contributed by atoms with Crippen LogP contribution in [-0.2, 0) is 6.42 Å². The van der Waals surface area contributed by atoms with E-state index < -0.39 is 0 Å². The molecule has 0 saturated heterocycles. The Morgan fingerprint density at radius 2 is 2.32 bits per heavy atom. The summed E-state index contributed by atoms with van der Waals surface area (Å²) in [5.41, 5.74) is 0. The molecular formula is C11H12N6OS. The van der Waals surface area contributed by atoms with E-state index in [0.717, 1.165) is 16.0 Å². The van der Waals surface area contributed by atoms with Gasteiger partial charge in [0, 0.05) is 20.0 Å². The molecule has 0 aliphatic carbocycles. The van der Waals surface area contributed by atoms with Gasteiger partial charge in [0.2, 0.25) is 11.8 Å². The van der Waals surface area contributed by atoms with E-state index >= 15 is 0 Å². The number of rotatable bonds is 5. The normalized spacial score (nSPS) is 10.8. The number of hydrogen-bond donors (Lipinski definition) is 2. The zero-order valence-corrected chi connectivity index (χ0v) is 11.1. The minimum atomic E-state index is 0.607. The summed E-state index contributed by atoms with van der Waals surface area (Å²) in [6, 6.07) is 2.01. The van der Waals surface area contributed by atoms with Crippen molar-refractivity contribution in [3.63, 3.8) is 0 Å². The summed E-state index contributed by atoms with van der Waals surface area (Å²) in [7, 11) is 1.80. The standard InChI is InChI=1S/C11H12N6OS/c1-12-11-16-9(7-3-5-19-10(7)17-11)13-4-2-8-14-6-15-18-8/h3,5-6H,2,4H2,1H3,(H2,12,13,16,17). The van der Waals surface area contributed by atoms with E-state index in [0.29, 0.717) is 24.8 Å². The summed E-state index contributed by atoms with van der Waals surface area (Å²) >= 11 is 1.59. The van der Waals surface area contributed by atoms with Crippen molar-refractivity contribution in [2.24, 2.45) is 0 Å². The van der Waals surface area contributed by atoms with Crippen molar-refractivity contribution in [1.82, 2.24) is 20.1 Å². The lowest BCUT2D eigenvalue weighted by atomic mass is 10.3. The van der Waals surface area contributed by atoms with Crippen LogP contribution in [0.1, 0.15) is 5.89 Å². The molecule has 3 rings (SSSR count). The van der Waals surface area contributed by atoms with E-state index in [1.807, 2.05) is 11.4 Å². The summed E-state index contributed by atoms with van der Waals surface area (Å²) in [4.78, 5) is 13.7. The largest absolute Gasteiger partial charge is 0.369 e. The maximum Gasteiger partial charge on any atom is 0.228 e. The first kappa shape index (κ1) is 11.8. The molecule has 0 fully saturated rings.